The molecular formula is C11H19N3O2. The quantitative estimate of drug-likeness (QED) is 0.246. The van der Waals surface area contributed by atoms with E-state index in [2.05, 4.69) is 10.4 Å². The van der Waals surface area contributed by atoms with Gasteiger partial charge in [0, 0.05) is 12.4 Å². The van der Waals surface area contributed by atoms with Crippen LogP contribution in [0.2, 0.25) is 0 Å². The molecule has 0 saturated carbocycles. The van der Waals surface area contributed by atoms with Crippen LogP contribution in [0.15, 0.2) is 27.9 Å². The van der Waals surface area contributed by atoms with Gasteiger partial charge in [0.25, 0.3) is 0 Å². The van der Waals surface area contributed by atoms with E-state index in [0.29, 0.717) is 24.1 Å². The summed E-state index contributed by atoms with van der Waals surface area (Å²) in [6, 6.07) is 3.74. The standard InChI is InChI=1S/C11H19N3O2/c1-14(2,3)13-11(15)6-7-12-9-10-5-4-8-16-10/h4-5,8,12H,6-7,9H2,1-3H3. The van der Waals surface area contributed by atoms with Gasteiger partial charge in [-0.15, -0.1) is 5.10 Å². The molecule has 1 heterocycles. The van der Waals surface area contributed by atoms with Crippen molar-refractivity contribution >= 4 is 5.90 Å². The highest BCUT2D eigenvalue weighted by molar-refractivity contribution is 5.70. The van der Waals surface area contributed by atoms with Crippen LogP contribution in [0.25, 0.3) is 0 Å². The average molecular weight is 225 g/mol. The number of hydrogen-bond donors (Lipinski definition) is 1. The van der Waals surface area contributed by atoms with Crippen molar-refractivity contribution in [2.45, 2.75) is 13.0 Å². The van der Waals surface area contributed by atoms with E-state index in [1.54, 1.807) is 6.26 Å². The lowest BCUT2D eigenvalue weighted by Crippen LogP contribution is -2.34. The maximum atomic E-state index is 11.4. The first-order valence-electron chi connectivity index (χ1n) is 5.28. The molecular weight excluding hydrogens is 206 g/mol. The van der Waals surface area contributed by atoms with Crippen LogP contribution in [0.3, 0.4) is 0 Å². The normalized spacial score (nSPS) is 13.1. The summed E-state index contributed by atoms with van der Waals surface area (Å²) in [5.41, 5.74) is 0. The lowest BCUT2D eigenvalue weighted by Gasteiger charge is -2.20. The molecule has 1 aromatic heterocycles. The molecule has 0 fully saturated rings. The highest BCUT2D eigenvalue weighted by atomic mass is 16.3. The van der Waals surface area contributed by atoms with Gasteiger partial charge >= 0.3 is 0 Å². The van der Waals surface area contributed by atoms with E-state index in [1.807, 2.05) is 33.3 Å². The van der Waals surface area contributed by atoms with Crippen molar-refractivity contribution in [3.05, 3.63) is 24.2 Å². The molecule has 0 atom stereocenters. The molecule has 0 aliphatic carbocycles. The molecule has 1 N–H and O–H groups in total. The molecule has 5 nitrogen and oxygen atoms in total. The fourth-order valence-electron chi connectivity index (χ4n) is 1.20. The molecule has 0 unspecified atom stereocenters. The predicted molar refractivity (Wildman–Crippen MR) is 60.5 cm³/mol. The molecule has 0 aliphatic heterocycles. The van der Waals surface area contributed by atoms with E-state index in [9.17, 15) is 5.11 Å². The summed E-state index contributed by atoms with van der Waals surface area (Å²) in [4.78, 5) is 0. The van der Waals surface area contributed by atoms with Crippen LogP contribution in [-0.4, -0.2) is 38.2 Å². The Labute approximate surface area is 96.0 Å². The highest BCUT2D eigenvalue weighted by Gasteiger charge is 2.02. The minimum absolute atomic E-state index is 0.0838. The SMILES string of the molecule is C[N+](C)(C)/N=C(/[O-])CCNCc1ccco1. The second kappa shape index (κ2) is 5.67. The van der Waals surface area contributed by atoms with Crippen LogP contribution in [-0.2, 0) is 6.54 Å². The topological polar surface area (TPSA) is 60.6 Å². The van der Waals surface area contributed by atoms with Crippen molar-refractivity contribution in [1.82, 2.24) is 5.32 Å². The second-order valence-electron chi connectivity index (χ2n) is 4.44. The lowest BCUT2D eigenvalue weighted by molar-refractivity contribution is -0.878. The van der Waals surface area contributed by atoms with Crippen LogP contribution in [0.4, 0.5) is 0 Å². The number of quaternary nitrogens is 1. The molecule has 0 amide bonds. The molecule has 0 aliphatic rings. The van der Waals surface area contributed by atoms with Gasteiger partial charge in [0.1, 0.15) is 5.76 Å². The van der Waals surface area contributed by atoms with Gasteiger partial charge in [0.05, 0.1) is 34.0 Å². The fourth-order valence-corrected chi connectivity index (χ4v) is 1.20. The molecule has 90 valence electrons. The van der Waals surface area contributed by atoms with Gasteiger partial charge in [0.2, 0.25) is 0 Å². The molecule has 0 bridgehead atoms. The van der Waals surface area contributed by atoms with Crippen molar-refractivity contribution in [3.8, 4) is 0 Å². The van der Waals surface area contributed by atoms with Gasteiger partial charge in [-0.2, -0.15) is 0 Å². The maximum absolute atomic E-state index is 11.4. The Kier molecular flexibility index (Phi) is 4.52. The summed E-state index contributed by atoms with van der Waals surface area (Å²) >= 11 is 0. The molecule has 16 heavy (non-hydrogen) atoms. The first kappa shape index (κ1) is 12.7. The van der Waals surface area contributed by atoms with Gasteiger partial charge in [-0.1, -0.05) is 0 Å². The minimum atomic E-state index is -0.0838. The van der Waals surface area contributed by atoms with Crippen molar-refractivity contribution in [1.29, 1.82) is 0 Å². The first-order valence-corrected chi connectivity index (χ1v) is 5.28. The fraction of sp³-hybridized carbons (Fsp3) is 0.545. The Morgan fingerprint density at radius 2 is 2.25 bits per heavy atom. The van der Waals surface area contributed by atoms with Crippen molar-refractivity contribution in [3.63, 3.8) is 0 Å². The van der Waals surface area contributed by atoms with Gasteiger partial charge < -0.3 is 14.8 Å². The van der Waals surface area contributed by atoms with Crippen molar-refractivity contribution in [2.75, 3.05) is 27.7 Å². The molecule has 0 radical (unpaired) electrons. The zero-order valence-electron chi connectivity index (χ0n) is 10.1. The largest absolute Gasteiger partial charge is 0.858 e. The highest BCUT2D eigenvalue weighted by Crippen LogP contribution is 1.98. The molecule has 0 aromatic carbocycles. The van der Waals surface area contributed by atoms with Gasteiger partial charge in [0.15, 0.2) is 0 Å². The molecule has 0 saturated heterocycles. The first-order chi connectivity index (χ1) is 7.47. The number of rotatable bonds is 6. The maximum Gasteiger partial charge on any atom is 0.117 e. The second-order valence-corrected chi connectivity index (χ2v) is 4.44. The van der Waals surface area contributed by atoms with Crippen LogP contribution >= 0.6 is 0 Å². The van der Waals surface area contributed by atoms with Crippen LogP contribution < -0.4 is 10.4 Å². The van der Waals surface area contributed by atoms with Crippen molar-refractivity contribution in [2.24, 2.45) is 5.10 Å². The Morgan fingerprint density at radius 3 is 2.81 bits per heavy atom. The van der Waals surface area contributed by atoms with Crippen LogP contribution in [0.5, 0.6) is 0 Å². The van der Waals surface area contributed by atoms with E-state index in [-0.39, 0.29) is 5.90 Å². The molecule has 0 spiro atoms. The zero-order chi connectivity index (χ0) is 12.0. The third-order valence-electron chi connectivity index (χ3n) is 1.81. The van der Waals surface area contributed by atoms with Gasteiger partial charge in [-0.25, -0.2) is 4.59 Å². The molecule has 5 heteroatoms. The van der Waals surface area contributed by atoms with E-state index in [1.165, 1.54) is 0 Å². The van der Waals surface area contributed by atoms with Crippen molar-refractivity contribution < 1.29 is 14.1 Å². The molecule has 1 aromatic rings. The Bertz CT molecular complexity index is 325. The van der Waals surface area contributed by atoms with E-state index in [4.69, 9.17) is 4.42 Å². The van der Waals surface area contributed by atoms with E-state index < -0.39 is 0 Å². The summed E-state index contributed by atoms with van der Waals surface area (Å²) in [6.45, 7) is 1.26. The predicted octanol–water partition coefficient (Wildman–Crippen LogP) is 0.139. The molecule has 1 rings (SSSR count). The zero-order valence-corrected chi connectivity index (χ0v) is 10.1. The third-order valence-corrected chi connectivity index (χ3v) is 1.81. The van der Waals surface area contributed by atoms with E-state index in [0.717, 1.165) is 5.76 Å². The monoisotopic (exact) mass is 225 g/mol. The van der Waals surface area contributed by atoms with Gasteiger partial charge in [-0.3, -0.25) is 0 Å². The summed E-state index contributed by atoms with van der Waals surface area (Å²) in [7, 11) is 5.57. The Hall–Kier alpha value is -1.33. The lowest BCUT2D eigenvalue weighted by atomic mass is 10.4. The average Bonchev–Trinajstić information content (AvgIpc) is 2.62. The number of hydrogen-bond acceptors (Lipinski definition) is 4. The smallest absolute Gasteiger partial charge is 0.117 e. The summed E-state index contributed by atoms with van der Waals surface area (Å²) < 4.78 is 5.46. The summed E-state index contributed by atoms with van der Waals surface area (Å²) in [6.07, 6.45) is 2.05. The Morgan fingerprint density at radius 1 is 1.50 bits per heavy atom. The number of furan rings is 1. The number of nitrogens with zero attached hydrogens (tertiary/aromatic N) is 2. The van der Waals surface area contributed by atoms with Gasteiger partial charge in [-0.05, 0) is 18.6 Å². The summed E-state index contributed by atoms with van der Waals surface area (Å²) in [5, 5.41) is 18.5. The third kappa shape index (κ3) is 5.53. The Balaban J connectivity index is 2.18. The summed E-state index contributed by atoms with van der Waals surface area (Å²) in [5.74, 6) is 0.787. The van der Waals surface area contributed by atoms with E-state index >= 15 is 0 Å². The van der Waals surface area contributed by atoms with Crippen LogP contribution in [0, 0.1) is 0 Å². The minimum Gasteiger partial charge on any atom is -0.858 e. The number of nitrogens with one attached hydrogen (secondary N) is 1. The van der Waals surface area contributed by atoms with Crippen LogP contribution in [0.1, 0.15) is 12.2 Å².